The minimum Gasteiger partial charge on any atom is -0.462 e. The van der Waals surface area contributed by atoms with Crippen molar-refractivity contribution in [1.29, 1.82) is 0 Å². The molecule has 3 N–H and O–H groups in total. The van der Waals surface area contributed by atoms with Gasteiger partial charge < -0.3 is 20.1 Å². The molecular weight excluding hydrogens is 1050 g/mol. The molecule has 9 nitrogen and oxygen atoms in total. The quantitative estimate of drug-likeness (QED) is 0.0264. The fraction of sp³-hybridized carbons (Fsp3) is 0.699. The summed E-state index contributed by atoms with van der Waals surface area (Å²) in [6, 6.07) is 0. The molecule has 2 unspecified atom stereocenters. The molecule has 0 aliphatic carbocycles. The maximum absolute atomic E-state index is 12.8. The van der Waals surface area contributed by atoms with Gasteiger partial charge >= 0.3 is 19.8 Å². The largest absolute Gasteiger partial charge is 0.472 e. The summed E-state index contributed by atoms with van der Waals surface area (Å²) in [4.78, 5) is 35.3. The molecule has 0 aromatic carbocycles. The van der Waals surface area contributed by atoms with Crippen LogP contribution in [0.5, 0.6) is 0 Å². The molecule has 0 amide bonds. The summed E-state index contributed by atoms with van der Waals surface area (Å²) in [6.45, 7) is 3.63. The lowest BCUT2D eigenvalue weighted by Gasteiger charge is -2.19. The van der Waals surface area contributed by atoms with Crippen molar-refractivity contribution in [2.45, 2.75) is 302 Å². The van der Waals surface area contributed by atoms with Gasteiger partial charge in [-0.2, -0.15) is 0 Å². The van der Waals surface area contributed by atoms with Crippen LogP contribution in [-0.4, -0.2) is 49.3 Å². The molecule has 0 spiro atoms. The van der Waals surface area contributed by atoms with Gasteiger partial charge in [0.1, 0.15) is 6.61 Å². The molecule has 0 aromatic rings. The number of hydrogen-bond donors (Lipinski definition) is 2. The number of unbranched alkanes of at least 4 members (excludes halogenated alkanes) is 30. The van der Waals surface area contributed by atoms with Crippen molar-refractivity contribution in [3.8, 4) is 0 Å². The molecule has 0 bridgehead atoms. The number of hydrogen-bond acceptors (Lipinski definition) is 8. The zero-order valence-corrected chi connectivity index (χ0v) is 54.3. The Morgan fingerprint density at radius 2 is 0.663 bits per heavy atom. The topological polar surface area (TPSA) is 134 Å². The summed E-state index contributed by atoms with van der Waals surface area (Å²) >= 11 is 0. The van der Waals surface area contributed by atoms with Crippen molar-refractivity contribution in [2.75, 3.05) is 26.4 Å². The molecule has 10 heteroatoms. The minimum absolute atomic E-state index is 0.0486. The van der Waals surface area contributed by atoms with E-state index < -0.39 is 26.5 Å². The molecule has 0 fully saturated rings. The zero-order chi connectivity index (χ0) is 60.1. The molecule has 0 heterocycles. The van der Waals surface area contributed by atoms with Gasteiger partial charge in [-0.25, -0.2) is 4.57 Å². The summed E-state index contributed by atoms with van der Waals surface area (Å²) in [7, 11) is -4.40. The molecule has 476 valence electrons. The van der Waals surface area contributed by atoms with Crippen molar-refractivity contribution in [1.82, 2.24) is 0 Å². The van der Waals surface area contributed by atoms with Crippen LogP contribution in [0.1, 0.15) is 296 Å². The van der Waals surface area contributed by atoms with Gasteiger partial charge in [-0.3, -0.25) is 18.6 Å². The predicted octanol–water partition coefficient (Wildman–Crippen LogP) is 22.3. The number of esters is 2. The van der Waals surface area contributed by atoms with Gasteiger partial charge in [0.25, 0.3) is 0 Å². The number of nitrogens with two attached hydrogens (primary N) is 1. The summed E-state index contributed by atoms with van der Waals surface area (Å²) in [5.41, 5.74) is 5.40. The van der Waals surface area contributed by atoms with Gasteiger partial charge in [-0.1, -0.05) is 296 Å². The first kappa shape index (κ1) is 79.4. The van der Waals surface area contributed by atoms with Crippen LogP contribution < -0.4 is 5.73 Å². The van der Waals surface area contributed by atoms with E-state index in [1.54, 1.807) is 0 Å². The molecule has 0 aliphatic heterocycles. The smallest absolute Gasteiger partial charge is 0.462 e. The second kappa shape index (κ2) is 67.5. The SMILES string of the molecule is CC/C=C\C/C=C\C/C=C\C/C=C\C/C=C\C/C=C\C/C=C\CCCCCCCCCCCCCCCCCCCC(=O)OC(COC(=O)CCCCCCCCCC/C=C\C/C=C\C/C=C\CCCCCCC)COP(=O)(O)OCCN. The van der Waals surface area contributed by atoms with Crippen LogP contribution in [0.25, 0.3) is 0 Å². The highest BCUT2D eigenvalue weighted by Crippen LogP contribution is 2.43. The fourth-order valence-corrected chi connectivity index (χ4v) is 10.1. The molecule has 83 heavy (non-hydrogen) atoms. The summed E-state index contributed by atoms with van der Waals surface area (Å²) in [5.74, 6) is -0.832. The lowest BCUT2D eigenvalue weighted by atomic mass is 10.0. The molecule has 2 atom stereocenters. The van der Waals surface area contributed by atoms with Gasteiger partial charge in [-0.05, 0) is 109 Å². The van der Waals surface area contributed by atoms with Gasteiger partial charge in [-0.15, -0.1) is 0 Å². The molecule has 0 saturated carbocycles. The highest BCUT2D eigenvalue weighted by atomic mass is 31.2. The maximum atomic E-state index is 12.8. The molecule has 0 saturated heterocycles. The highest BCUT2D eigenvalue weighted by molar-refractivity contribution is 7.47. The standard InChI is InChI=1S/C73H126NO8P/c1-3-5-7-9-11-13-15-17-19-21-23-25-27-28-29-30-31-32-33-34-35-36-37-38-39-40-41-42-44-46-48-50-52-54-56-58-60-62-64-66-73(76)82-71(70-81-83(77,78)80-68-67-74)69-79-72(75)65-63-61-59-57-55-53-51-49-47-45-43-26-24-22-20-18-16-14-12-10-8-6-4-2/h5,7,11,13,16-19,22-25,28-29,31-32,34-35,43,45,71H,3-4,6,8-10,12,14-15,20-21,26-27,30,33,36-42,44,46-70,74H2,1-2H3,(H,77,78)/b7-5-,13-11-,18-16-,19-17-,24-22-,25-23-,29-28-,32-31-,35-34-,45-43-. The van der Waals surface area contributed by atoms with Gasteiger partial charge in [0.2, 0.25) is 0 Å². The highest BCUT2D eigenvalue weighted by Gasteiger charge is 2.26. The molecule has 0 rings (SSSR count). The first-order chi connectivity index (χ1) is 40.8. The Kier molecular flexibility index (Phi) is 64.6. The van der Waals surface area contributed by atoms with Crippen molar-refractivity contribution >= 4 is 19.8 Å². The Morgan fingerprint density at radius 1 is 0.373 bits per heavy atom. The first-order valence-electron chi connectivity index (χ1n) is 34.0. The summed E-state index contributed by atoms with van der Waals surface area (Å²) < 4.78 is 33.1. The number of carbonyl (C=O) groups excluding carboxylic acids is 2. The van der Waals surface area contributed by atoms with Crippen molar-refractivity contribution < 1.29 is 37.6 Å². The fourth-order valence-electron chi connectivity index (χ4n) is 9.33. The summed E-state index contributed by atoms with van der Waals surface area (Å²) in [5, 5.41) is 0. The lowest BCUT2D eigenvalue weighted by molar-refractivity contribution is -0.161. The van der Waals surface area contributed by atoms with Crippen molar-refractivity contribution in [3.05, 3.63) is 122 Å². The number of phosphoric ester groups is 1. The van der Waals surface area contributed by atoms with Crippen LogP contribution in [0, 0.1) is 0 Å². The lowest BCUT2D eigenvalue weighted by Crippen LogP contribution is -2.29. The Labute approximate surface area is 511 Å². The predicted molar refractivity (Wildman–Crippen MR) is 358 cm³/mol. The Hall–Kier alpha value is -3.59. The van der Waals surface area contributed by atoms with E-state index in [0.29, 0.717) is 6.42 Å². The average molecular weight is 1180 g/mol. The molecule has 0 radical (unpaired) electrons. The number of carbonyl (C=O) groups is 2. The van der Waals surface area contributed by atoms with Crippen molar-refractivity contribution in [3.63, 3.8) is 0 Å². The van der Waals surface area contributed by atoms with Crippen LogP contribution >= 0.6 is 7.82 Å². The molecule has 0 aliphatic rings. The van der Waals surface area contributed by atoms with Crippen LogP contribution in [0.4, 0.5) is 0 Å². The van der Waals surface area contributed by atoms with E-state index in [2.05, 4.69) is 135 Å². The normalized spacial score (nSPS) is 13.7. The Morgan fingerprint density at radius 3 is 0.988 bits per heavy atom. The van der Waals surface area contributed by atoms with Crippen LogP contribution in [0.15, 0.2) is 122 Å². The van der Waals surface area contributed by atoms with E-state index in [4.69, 9.17) is 24.3 Å². The third-order valence-electron chi connectivity index (χ3n) is 14.3. The van der Waals surface area contributed by atoms with Gasteiger partial charge in [0.15, 0.2) is 6.10 Å². The number of ether oxygens (including phenoxy) is 2. The van der Waals surface area contributed by atoms with E-state index >= 15 is 0 Å². The first-order valence-corrected chi connectivity index (χ1v) is 35.5. The molecular formula is C73H126NO8P. The number of phosphoric acid groups is 1. The van der Waals surface area contributed by atoms with E-state index in [1.807, 2.05) is 0 Å². The van der Waals surface area contributed by atoms with Gasteiger partial charge in [0, 0.05) is 19.4 Å². The van der Waals surface area contributed by atoms with Crippen LogP contribution in [-0.2, 0) is 32.7 Å². The zero-order valence-electron chi connectivity index (χ0n) is 53.4. The Balaban J connectivity index is 3.89. The van der Waals surface area contributed by atoms with E-state index in [-0.39, 0.29) is 38.6 Å². The van der Waals surface area contributed by atoms with Crippen LogP contribution in [0.3, 0.4) is 0 Å². The third-order valence-corrected chi connectivity index (χ3v) is 15.3. The van der Waals surface area contributed by atoms with Gasteiger partial charge in [0.05, 0.1) is 13.2 Å². The second-order valence-corrected chi connectivity index (χ2v) is 23.8. The van der Waals surface area contributed by atoms with E-state index in [9.17, 15) is 19.0 Å². The number of allylic oxidation sites excluding steroid dienone is 20. The number of rotatable bonds is 63. The van der Waals surface area contributed by atoms with Crippen LogP contribution in [0.2, 0.25) is 0 Å². The van der Waals surface area contributed by atoms with E-state index in [1.165, 1.54) is 154 Å². The second-order valence-electron chi connectivity index (χ2n) is 22.3. The maximum Gasteiger partial charge on any atom is 0.472 e. The summed E-state index contributed by atoms with van der Waals surface area (Å²) in [6.07, 6.45) is 94.2. The van der Waals surface area contributed by atoms with Crippen molar-refractivity contribution in [2.24, 2.45) is 5.73 Å². The van der Waals surface area contributed by atoms with E-state index in [0.717, 1.165) is 109 Å². The minimum atomic E-state index is -4.40. The average Bonchev–Trinajstić information content (AvgIpc) is 3.48. The monoisotopic (exact) mass is 1180 g/mol. The molecule has 0 aromatic heterocycles. The third kappa shape index (κ3) is 67.4. The Bertz CT molecular complexity index is 1770.